The number of hydrogen-bond acceptors (Lipinski definition) is 3. The Morgan fingerprint density at radius 3 is 2.72 bits per heavy atom. The highest BCUT2D eigenvalue weighted by Gasteiger charge is 2.30. The van der Waals surface area contributed by atoms with Crippen LogP contribution in [0.1, 0.15) is 31.7 Å². The monoisotopic (exact) mass is 341 g/mol. The standard InChI is InChI=1S/C19H20FN3O2/c1-11(2)21-17-9-12(20)7-8-16(17)23-19(25)14-10-18(24)22-15-6-4-3-5-13(14)15/h3-9,11,14,21H,10H2,1-2H3,(H,22,24)(H,23,25)/t14-/m1/s1. The predicted octanol–water partition coefficient (Wildman–Crippen LogP) is 3.71. The minimum Gasteiger partial charge on any atom is -0.381 e. The maximum Gasteiger partial charge on any atom is 0.232 e. The summed E-state index contributed by atoms with van der Waals surface area (Å²) in [6, 6.07) is 11.5. The Morgan fingerprint density at radius 1 is 1.20 bits per heavy atom. The van der Waals surface area contributed by atoms with Gasteiger partial charge in [0.25, 0.3) is 0 Å². The van der Waals surface area contributed by atoms with Crippen LogP contribution >= 0.6 is 0 Å². The highest BCUT2D eigenvalue weighted by atomic mass is 19.1. The van der Waals surface area contributed by atoms with Crippen LogP contribution in [-0.4, -0.2) is 17.9 Å². The lowest BCUT2D eigenvalue weighted by atomic mass is 9.89. The summed E-state index contributed by atoms with van der Waals surface area (Å²) in [5.74, 6) is -1.45. The second kappa shape index (κ2) is 6.93. The van der Waals surface area contributed by atoms with E-state index < -0.39 is 5.92 Å². The van der Waals surface area contributed by atoms with Crippen molar-refractivity contribution in [1.29, 1.82) is 0 Å². The van der Waals surface area contributed by atoms with Crippen LogP contribution in [0.5, 0.6) is 0 Å². The molecule has 0 unspecified atom stereocenters. The van der Waals surface area contributed by atoms with E-state index in [4.69, 9.17) is 0 Å². The molecule has 3 N–H and O–H groups in total. The van der Waals surface area contributed by atoms with E-state index in [1.807, 2.05) is 32.0 Å². The number of rotatable bonds is 4. The summed E-state index contributed by atoms with van der Waals surface area (Å²) in [7, 11) is 0. The van der Waals surface area contributed by atoms with Gasteiger partial charge >= 0.3 is 0 Å². The van der Waals surface area contributed by atoms with Crippen molar-refractivity contribution in [3.63, 3.8) is 0 Å². The van der Waals surface area contributed by atoms with Crippen LogP contribution in [0.25, 0.3) is 0 Å². The number of anilines is 3. The molecular weight excluding hydrogens is 321 g/mol. The average molecular weight is 341 g/mol. The molecule has 2 aromatic carbocycles. The Bertz CT molecular complexity index is 820. The van der Waals surface area contributed by atoms with Gasteiger partial charge in [-0.1, -0.05) is 18.2 Å². The Balaban J connectivity index is 1.87. The van der Waals surface area contributed by atoms with Gasteiger partial charge in [0, 0.05) is 18.2 Å². The van der Waals surface area contributed by atoms with Crippen molar-refractivity contribution in [2.24, 2.45) is 0 Å². The molecule has 2 aromatic rings. The van der Waals surface area contributed by atoms with Gasteiger partial charge < -0.3 is 16.0 Å². The maximum absolute atomic E-state index is 13.5. The fourth-order valence-corrected chi connectivity index (χ4v) is 2.92. The van der Waals surface area contributed by atoms with E-state index in [0.29, 0.717) is 17.1 Å². The number of benzene rings is 2. The molecule has 0 saturated heterocycles. The molecule has 1 heterocycles. The van der Waals surface area contributed by atoms with Crippen molar-refractivity contribution in [1.82, 2.24) is 0 Å². The first kappa shape index (κ1) is 17.0. The molecule has 5 nitrogen and oxygen atoms in total. The summed E-state index contributed by atoms with van der Waals surface area (Å²) >= 11 is 0. The molecule has 0 spiro atoms. The zero-order chi connectivity index (χ0) is 18.0. The molecular formula is C19H20FN3O2. The third-order valence-corrected chi connectivity index (χ3v) is 4.00. The summed E-state index contributed by atoms with van der Waals surface area (Å²) in [5.41, 5.74) is 2.43. The molecule has 0 saturated carbocycles. The Morgan fingerprint density at radius 2 is 1.96 bits per heavy atom. The van der Waals surface area contributed by atoms with Gasteiger partial charge in [0.05, 0.1) is 17.3 Å². The Kier molecular flexibility index (Phi) is 4.70. The third kappa shape index (κ3) is 3.79. The first-order valence-electron chi connectivity index (χ1n) is 8.20. The fourth-order valence-electron chi connectivity index (χ4n) is 2.92. The highest BCUT2D eigenvalue weighted by molar-refractivity contribution is 6.06. The lowest BCUT2D eigenvalue weighted by molar-refractivity contribution is -0.123. The molecule has 6 heteroatoms. The fraction of sp³-hybridized carbons (Fsp3) is 0.263. The van der Waals surface area contributed by atoms with Crippen molar-refractivity contribution in [3.8, 4) is 0 Å². The number of para-hydroxylation sites is 1. The molecule has 0 radical (unpaired) electrons. The van der Waals surface area contributed by atoms with E-state index in [-0.39, 0.29) is 30.1 Å². The van der Waals surface area contributed by atoms with E-state index in [9.17, 15) is 14.0 Å². The van der Waals surface area contributed by atoms with E-state index in [1.165, 1.54) is 18.2 Å². The normalized spacial score (nSPS) is 16.2. The average Bonchev–Trinajstić information content (AvgIpc) is 2.56. The number of hydrogen-bond donors (Lipinski definition) is 3. The summed E-state index contributed by atoms with van der Waals surface area (Å²) in [4.78, 5) is 24.7. The summed E-state index contributed by atoms with van der Waals surface area (Å²) in [5, 5.41) is 8.72. The van der Waals surface area contributed by atoms with Crippen LogP contribution in [0.4, 0.5) is 21.5 Å². The topological polar surface area (TPSA) is 70.2 Å². The molecule has 1 atom stereocenters. The second-order valence-corrected chi connectivity index (χ2v) is 6.37. The van der Waals surface area contributed by atoms with Crippen molar-refractivity contribution < 1.29 is 14.0 Å². The van der Waals surface area contributed by atoms with Gasteiger partial charge in [-0.15, -0.1) is 0 Å². The van der Waals surface area contributed by atoms with Crippen LogP contribution in [-0.2, 0) is 9.59 Å². The first-order valence-corrected chi connectivity index (χ1v) is 8.20. The number of fused-ring (bicyclic) bond motifs is 1. The number of halogens is 1. The molecule has 1 aliphatic heterocycles. The van der Waals surface area contributed by atoms with Gasteiger partial charge in [-0.3, -0.25) is 9.59 Å². The summed E-state index contributed by atoms with van der Waals surface area (Å²) in [6.07, 6.45) is 0.0803. The molecule has 1 aliphatic rings. The van der Waals surface area contributed by atoms with E-state index in [0.717, 1.165) is 5.56 Å². The van der Waals surface area contributed by atoms with Gasteiger partial charge in [0.15, 0.2) is 0 Å². The van der Waals surface area contributed by atoms with Gasteiger partial charge in [0.1, 0.15) is 5.82 Å². The molecule has 0 fully saturated rings. The van der Waals surface area contributed by atoms with Crippen LogP contribution in [0.2, 0.25) is 0 Å². The van der Waals surface area contributed by atoms with Gasteiger partial charge in [-0.25, -0.2) is 4.39 Å². The van der Waals surface area contributed by atoms with Gasteiger partial charge in [-0.05, 0) is 43.7 Å². The van der Waals surface area contributed by atoms with Gasteiger partial charge in [0.2, 0.25) is 11.8 Å². The first-order chi connectivity index (χ1) is 11.9. The lowest BCUT2D eigenvalue weighted by Gasteiger charge is -2.25. The molecule has 3 rings (SSSR count). The molecule has 0 aromatic heterocycles. The smallest absolute Gasteiger partial charge is 0.232 e. The molecule has 25 heavy (non-hydrogen) atoms. The quantitative estimate of drug-likeness (QED) is 0.794. The number of carbonyl (C=O) groups is 2. The Labute approximate surface area is 145 Å². The van der Waals surface area contributed by atoms with E-state index in [1.54, 1.807) is 6.07 Å². The zero-order valence-electron chi connectivity index (χ0n) is 14.1. The highest BCUT2D eigenvalue weighted by Crippen LogP contribution is 2.33. The van der Waals surface area contributed by atoms with Gasteiger partial charge in [-0.2, -0.15) is 0 Å². The molecule has 0 bridgehead atoms. The SMILES string of the molecule is CC(C)Nc1cc(F)ccc1NC(=O)[C@@H]1CC(=O)Nc2ccccc21. The number of amides is 2. The Hall–Kier alpha value is -2.89. The van der Waals surface area contributed by atoms with Crippen LogP contribution in [0, 0.1) is 5.82 Å². The van der Waals surface area contributed by atoms with E-state index in [2.05, 4.69) is 16.0 Å². The molecule has 2 amide bonds. The summed E-state index contributed by atoms with van der Waals surface area (Å²) < 4.78 is 13.5. The van der Waals surface area contributed by atoms with Crippen molar-refractivity contribution in [2.45, 2.75) is 32.2 Å². The largest absolute Gasteiger partial charge is 0.381 e. The third-order valence-electron chi connectivity index (χ3n) is 4.00. The van der Waals surface area contributed by atoms with Crippen molar-refractivity contribution in [3.05, 3.63) is 53.8 Å². The second-order valence-electron chi connectivity index (χ2n) is 6.37. The maximum atomic E-state index is 13.5. The lowest BCUT2D eigenvalue weighted by Crippen LogP contribution is -2.31. The van der Waals surface area contributed by atoms with Crippen molar-refractivity contribution >= 4 is 28.9 Å². The zero-order valence-corrected chi connectivity index (χ0v) is 14.1. The molecule has 0 aliphatic carbocycles. The van der Waals surface area contributed by atoms with Crippen molar-refractivity contribution in [2.75, 3.05) is 16.0 Å². The van der Waals surface area contributed by atoms with Crippen LogP contribution in [0.3, 0.4) is 0 Å². The number of nitrogens with one attached hydrogen (secondary N) is 3. The summed E-state index contributed by atoms with van der Waals surface area (Å²) in [6.45, 7) is 3.86. The van der Waals surface area contributed by atoms with Crippen LogP contribution < -0.4 is 16.0 Å². The minimum atomic E-state index is -0.582. The molecule has 130 valence electrons. The predicted molar refractivity (Wildman–Crippen MR) is 96.2 cm³/mol. The van der Waals surface area contributed by atoms with E-state index >= 15 is 0 Å². The van der Waals surface area contributed by atoms with Crippen LogP contribution in [0.15, 0.2) is 42.5 Å². The number of carbonyl (C=O) groups excluding carboxylic acids is 2. The minimum absolute atomic E-state index is 0.0803.